The normalized spacial score (nSPS) is 11.9. The Bertz CT molecular complexity index is 1050. The molecule has 1 aliphatic heterocycles. The quantitative estimate of drug-likeness (QED) is 0.591. The number of carbonyl (C=O) groups excluding carboxylic acids is 1. The lowest BCUT2D eigenvalue weighted by molar-refractivity contribution is 0.0946. The number of carbonyl (C=O) groups is 1. The van der Waals surface area contributed by atoms with Gasteiger partial charge in [-0.1, -0.05) is 6.07 Å². The highest BCUT2D eigenvalue weighted by atomic mass is 16.7. The van der Waals surface area contributed by atoms with Gasteiger partial charge in [-0.2, -0.15) is 5.10 Å². The van der Waals surface area contributed by atoms with Crippen LogP contribution in [0.4, 0.5) is 0 Å². The maximum Gasteiger partial charge on any atom is 0.269 e. The lowest BCUT2D eigenvalue weighted by Gasteiger charge is -2.12. The Morgan fingerprint density at radius 3 is 2.67 bits per heavy atom. The van der Waals surface area contributed by atoms with Gasteiger partial charge in [-0.15, -0.1) is 0 Å². The molecule has 8 nitrogen and oxygen atoms in total. The van der Waals surface area contributed by atoms with E-state index in [-0.39, 0.29) is 12.7 Å². The Labute approximate surface area is 174 Å². The van der Waals surface area contributed by atoms with Crippen molar-refractivity contribution >= 4 is 5.91 Å². The molecule has 8 heteroatoms. The van der Waals surface area contributed by atoms with Crippen molar-refractivity contribution in [2.24, 2.45) is 0 Å². The molecule has 156 valence electrons. The minimum absolute atomic E-state index is 0.212. The van der Waals surface area contributed by atoms with Gasteiger partial charge < -0.3 is 24.3 Å². The number of nitrogens with zero attached hydrogens (tertiary/aromatic N) is 1. The van der Waals surface area contributed by atoms with Crippen molar-refractivity contribution in [1.82, 2.24) is 15.5 Å². The molecule has 0 aliphatic carbocycles. The van der Waals surface area contributed by atoms with Crippen molar-refractivity contribution in [3.05, 3.63) is 53.7 Å². The largest absolute Gasteiger partial charge is 0.490 e. The standard InChI is InChI=1S/C22H23N3O5/c1-3-27-18-7-5-14(9-20(18)28-4-2)12-23-22(26)17-11-16(24-25-17)15-6-8-19-21(10-15)30-13-29-19/h5-11H,3-4,12-13H2,1-2H3,(H,23,26)(H,24,25). The summed E-state index contributed by atoms with van der Waals surface area (Å²) in [5.74, 6) is 2.48. The topological polar surface area (TPSA) is 94.7 Å². The summed E-state index contributed by atoms with van der Waals surface area (Å²) in [6.45, 7) is 5.49. The summed E-state index contributed by atoms with van der Waals surface area (Å²) in [6, 6.07) is 12.9. The van der Waals surface area contributed by atoms with Crippen LogP contribution in [-0.4, -0.2) is 36.1 Å². The third kappa shape index (κ3) is 4.17. The van der Waals surface area contributed by atoms with E-state index in [1.165, 1.54) is 0 Å². The van der Waals surface area contributed by atoms with Crippen molar-refractivity contribution in [2.75, 3.05) is 20.0 Å². The number of aromatic amines is 1. The molecule has 0 saturated carbocycles. The number of aromatic nitrogens is 2. The number of rotatable bonds is 8. The zero-order valence-corrected chi connectivity index (χ0v) is 16.9. The van der Waals surface area contributed by atoms with Gasteiger partial charge in [-0.25, -0.2) is 0 Å². The highest BCUT2D eigenvalue weighted by Crippen LogP contribution is 2.35. The monoisotopic (exact) mass is 409 g/mol. The van der Waals surface area contributed by atoms with Gasteiger partial charge in [0.05, 0.1) is 18.9 Å². The molecule has 1 aromatic heterocycles. The molecule has 2 aromatic carbocycles. The average Bonchev–Trinajstić information content (AvgIpc) is 3.43. The van der Waals surface area contributed by atoms with Crippen LogP contribution < -0.4 is 24.3 Å². The first-order valence-electron chi connectivity index (χ1n) is 9.80. The van der Waals surface area contributed by atoms with Gasteiger partial charge in [0, 0.05) is 12.1 Å². The van der Waals surface area contributed by atoms with E-state index < -0.39 is 0 Å². The minimum atomic E-state index is -0.249. The number of fused-ring (bicyclic) bond motifs is 1. The summed E-state index contributed by atoms with van der Waals surface area (Å²) in [5, 5.41) is 9.92. The fourth-order valence-corrected chi connectivity index (χ4v) is 3.12. The van der Waals surface area contributed by atoms with Crippen LogP contribution in [0.25, 0.3) is 11.3 Å². The number of hydrogen-bond donors (Lipinski definition) is 2. The highest BCUT2D eigenvalue weighted by Gasteiger charge is 2.16. The molecule has 1 amide bonds. The molecular formula is C22H23N3O5. The summed E-state index contributed by atoms with van der Waals surface area (Å²) in [6.07, 6.45) is 0. The van der Waals surface area contributed by atoms with Crippen molar-refractivity contribution in [2.45, 2.75) is 20.4 Å². The Kier molecular flexibility index (Phi) is 5.74. The van der Waals surface area contributed by atoms with Crippen molar-refractivity contribution in [1.29, 1.82) is 0 Å². The van der Waals surface area contributed by atoms with E-state index in [0.717, 1.165) is 11.1 Å². The Morgan fingerprint density at radius 2 is 1.83 bits per heavy atom. The van der Waals surface area contributed by atoms with E-state index in [2.05, 4.69) is 15.5 Å². The molecule has 0 saturated heterocycles. The molecule has 0 spiro atoms. The van der Waals surface area contributed by atoms with Crippen molar-refractivity contribution < 1.29 is 23.7 Å². The van der Waals surface area contributed by atoms with Crippen molar-refractivity contribution in [3.63, 3.8) is 0 Å². The van der Waals surface area contributed by atoms with Gasteiger partial charge in [-0.05, 0) is 55.8 Å². The van der Waals surface area contributed by atoms with Crippen LogP contribution in [0.3, 0.4) is 0 Å². The molecule has 0 bridgehead atoms. The average molecular weight is 409 g/mol. The van der Waals surface area contributed by atoms with Crippen LogP contribution in [-0.2, 0) is 6.54 Å². The van der Waals surface area contributed by atoms with Crippen LogP contribution >= 0.6 is 0 Å². The Morgan fingerprint density at radius 1 is 1.03 bits per heavy atom. The minimum Gasteiger partial charge on any atom is -0.490 e. The maximum atomic E-state index is 12.5. The second-order valence-electron chi connectivity index (χ2n) is 6.56. The molecule has 2 N–H and O–H groups in total. The van der Waals surface area contributed by atoms with Gasteiger partial charge in [-0.3, -0.25) is 9.89 Å². The number of amides is 1. The number of hydrogen-bond acceptors (Lipinski definition) is 6. The predicted molar refractivity (Wildman–Crippen MR) is 110 cm³/mol. The Hall–Kier alpha value is -3.68. The molecule has 0 atom stereocenters. The van der Waals surface area contributed by atoms with E-state index in [0.29, 0.717) is 54.1 Å². The van der Waals surface area contributed by atoms with Gasteiger partial charge in [0.15, 0.2) is 23.0 Å². The molecule has 1 aliphatic rings. The maximum absolute atomic E-state index is 12.5. The fourth-order valence-electron chi connectivity index (χ4n) is 3.12. The number of ether oxygens (including phenoxy) is 4. The fraction of sp³-hybridized carbons (Fsp3) is 0.273. The second kappa shape index (κ2) is 8.77. The zero-order valence-electron chi connectivity index (χ0n) is 16.9. The molecule has 30 heavy (non-hydrogen) atoms. The van der Waals surface area contributed by atoms with Crippen LogP contribution in [0.2, 0.25) is 0 Å². The van der Waals surface area contributed by atoms with E-state index >= 15 is 0 Å². The van der Waals surface area contributed by atoms with Crippen LogP contribution in [0.1, 0.15) is 29.9 Å². The number of nitrogens with one attached hydrogen (secondary N) is 2. The van der Waals surface area contributed by atoms with E-state index in [1.54, 1.807) is 6.07 Å². The number of H-pyrrole nitrogens is 1. The summed E-state index contributed by atoms with van der Waals surface area (Å²) in [4.78, 5) is 12.5. The van der Waals surface area contributed by atoms with Crippen molar-refractivity contribution in [3.8, 4) is 34.3 Å². The molecular weight excluding hydrogens is 386 g/mol. The number of benzene rings is 2. The third-order valence-electron chi connectivity index (χ3n) is 4.55. The molecule has 0 radical (unpaired) electrons. The summed E-state index contributed by atoms with van der Waals surface area (Å²) in [7, 11) is 0. The first-order valence-corrected chi connectivity index (χ1v) is 9.80. The summed E-state index contributed by atoms with van der Waals surface area (Å²) < 4.78 is 21.9. The van der Waals surface area contributed by atoms with Gasteiger partial charge in [0.2, 0.25) is 6.79 Å². The first kappa shape index (κ1) is 19.6. The summed E-state index contributed by atoms with van der Waals surface area (Å²) in [5.41, 5.74) is 2.77. The van der Waals surface area contributed by atoms with Gasteiger partial charge in [0.25, 0.3) is 5.91 Å². The van der Waals surface area contributed by atoms with E-state index in [4.69, 9.17) is 18.9 Å². The van der Waals surface area contributed by atoms with E-state index in [9.17, 15) is 4.79 Å². The van der Waals surface area contributed by atoms with Gasteiger partial charge >= 0.3 is 0 Å². The molecule has 0 fully saturated rings. The SMILES string of the molecule is CCOc1ccc(CNC(=O)c2cc(-c3ccc4c(c3)OCO4)n[nH]2)cc1OCC. The molecule has 2 heterocycles. The smallest absolute Gasteiger partial charge is 0.269 e. The molecule has 3 aromatic rings. The molecule has 4 rings (SSSR count). The van der Waals surface area contributed by atoms with Crippen LogP contribution in [0, 0.1) is 0 Å². The first-order chi connectivity index (χ1) is 14.7. The highest BCUT2D eigenvalue weighted by molar-refractivity contribution is 5.93. The summed E-state index contributed by atoms with van der Waals surface area (Å²) >= 11 is 0. The zero-order chi connectivity index (χ0) is 20.9. The molecule has 0 unspecified atom stereocenters. The Balaban J connectivity index is 1.42. The van der Waals surface area contributed by atoms with Crippen LogP contribution in [0.15, 0.2) is 42.5 Å². The lowest BCUT2D eigenvalue weighted by Crippen LogP contribution is -2.23. The van der Waals surface area contributed by atoms with E-state index in [1.807, 2.05) is 50.2 Å². The van der Waals surface area contributed by atoms with Gasteiger partial charge in [0.1, 0.15) is 5.69 Å². The lowest BCUT2D eigenvalue weighted by atomic mass is 10.1. The van der Waals surface area contributed by atoms with Crippen LogP contribution in [0.5, 0.6) is 23.0 Å². The second-order valence-corrected chi connectivity index (χ2v) is 6.56. The predicted octanol–water partition coefficient (Wildman–Crippen LogP) is 3.53. The third-order valence-corrected chi connectivity index (χ3v) is 4.55.